The van der Waals surface area contributed by atoms with Gasteiger partial charge < -0.3 is 25.0 Å². The minimum absolute atomic E-state index is 0.0723. The Morgan fingerprint density at radius 3 is 2.79 bits per heavy atom. The van der Waals surface area contributed by atoms with Gasteiger partial charge in [-0.25, -0.2) is 14.3 Å². The summed E-state index contributed by atoms with van der Waals surface area (Å²) in [5, 5.41) is 13.7. The summed E-state index contributed by atoms with van der Waals surface area (Å²) < 4.78 is 9.07. The molecule has 2 aliphatic rings. The van der Waals surface area contributed by atoms with E-state index in [1.54, 1.807) is 21.6 Å². The highest BCUT2D eigenvalue weighted by molar-refractivity contribution is 5.77. The van der Waals surface area contributed by atoms with Crippen molar-refractivity contribution in [2.75, 3.05) is 50.1 Å². The molecule has 0 amide bonds. The minimum Gasteiger partial charge on any atom is -0.477 e. The van der Waals surface area contributed by atoms with E-state index in [1.807, 2.05) is 42.5 Å². The molecular weight excluding hydrogens is 484 g/mol. The van der Waals surface area contributed by atoms with Gasteiger partial charge in [-0.3, -0.25) is 4.79 Å². The highest BCUT2D eigenvalue weighted by Crippen LogP contribution is 2.27. The molecule has 0 saturated carbocycles. The molecule has 2 bridgehead atoms. The normalized spacial score (nSPS) is 16.9. The van der Waals surface area contributed by atoms with Gasteiger partial charge >= 0.3 is 0 Å². The van der Waals surface area contributed by atoms with Crippen LogP contribution < -0.4 is 20.5 Å². The summed E-state index contributed by atoms with van der Waals surface area (Å²) in [6, 6.07) is 11.4. The molecule has 0 atom stereocenters. The van der Waals surface area contributed by atoms with Gasteiger partial charge in [0.05, 0.1) is 19.8 Å². The molecule has 0 spiro atoms. The van der Waals surface area contributed by atoms with Crippen LogP contribution in [0.15, 0.2) is 59.5 Å². The second-order valence-corrected chi connectivity index (χ2v) is 9.49. The van der Waals surface area contributed by atoms with Crippen LogP contribution in [0, 0.1) is 0 Å². The Bertz CT molecular complexity index is 1550. The van der Waals surface area contributed by atoms with Crippen LogP contribution in [0.5, 0.6) is 5.88 Å². The van der Waals surface area contributed by atoms with Crippen LogP contribution in [0.1, 0.15) is 12.0 Å². The van der Waals surface area contributed by atoms with E-state index in [1.165, 1.54) is 0 Å². The number of fused-ring (bicyclic) bond motifs is 6. The summed E-state index contributed by atoms with van der Waals surface area (Å²) >= 11 is 0. The molecule has 0 radical (unpaired) electrons. The van der Waals surface area contributed by atoms with Crippen molar-refractivity contribution in [3.05, 3.63) is 70.7 Å². The fourth-order valence-corrected chi connectivity index (χ4v) is 4.89. The zero-order valence-corrected chi connectivity index (χ0v) is 21.2. The molecule has 38 heavy (non-hydrogen) atoms. The van der Waals surface area contributed by atoms with Gasteiger partial charge in [-0.05, 0) is 37.7 Å². The lowest BCUT2D eigenvalue weighted by atomic mass is 10.1. The van der Waals surface area contributed by atoms with Crippen LogP contribution in [0.3, 0.4) is 0 Å². The Morgan fingerprint density at radius 2 is 1.95 bits per heavy atom. The van der Waals surface area contributed by atoms with E-state index in [9.17, 15) is 9.90 Å². The molecule has 1 fully saturated rings. The van der Waals surface area contributed by atoms with E-state index in [2.05, 4.69) is 32.1 Å². The van der Waals surface area contributed by atoms with Crippen molar-refractivity contribution >= 4 is 28.4 Å². The number of pyridine rings is 1. The second kappa shape index (κ2) is 10.3. The topological polar surface area (TPSA) is 114 Å². The first-order valence-corrected chi connectivity index (χ1v) is 12.8. The second-order valence-electron chi connectivity index (χ2n) is 9.49. The molecule has 196 valence electrons. The molecule has 11 nitrogen and oxygen atoms in total. The van der Waals surface area contributed by atoms with Gasteiger partial charge in [-0.15, -0.1) is 0 Å². The Kier molecular flexibility index (Phi) is 6.52. The van der Waals surface area contributed by atoms with Crippen LogP contribution in [-0.4, -0.2) is 74.2 Å². The average molecular weight is 515 g/mol. The third kappa shape index (κ3) is 4.61. The van der Waals surface area contributed by atoms with Crippen LogP contribution in [0.4, 0.5) is 17.3 Å². The summed E-state index contributed by atoms with van der Waals surface area (Å²) in [6.07, 6.45) is 6.20. The van der Waals surface area contributed by atoms with Crippen molar-refractivity contribution in [2.24, 2.45) is 0 Å². The summed E-state index contributed by atoms with van der Waals surface area (Å²) in [5.41, 5.74) is 2.87. The first-order valence-electron chi connectivity index (χ1n) is 12.8. The summed E-state index contributed by atoms with van der Waals surface area (Å²) in [5.74, 6) is 1.36. The van der Waals surface area contributed by atoms with Crippen molar-refractivity contribution in [3.8, 4) is 11.7 Å². The molecule has 6 rings (SSSR count). The number of aromatic nitrogens is 5. The molecule has 5 heterocycles. The zero-order chi connectivity index (χ0) is 26.1. The van der Waals surface area contributed by atoms with E-state index in [-0.39, 0.29) is 12.2 Å². The number of likely N-dealkylation sites (N-methyl/N-ethyl adjacent to an activating group) is 1. The van der Waals surface area contributed by atoms with Gasteiger partial charge in [0.1, 0.15) is 5.39 Å². The SMILES string of the molecule is CN1CCN(c2ccc(Nc3ncc4c(=O)n5n(c4n3)-c3cccc(n3)OCC/C=C\C5)cc2CO)CC1. The number of rotatable bonds is 4. The number of hydrogen-bond donors (Lipinski definition) is 2. The largest absolute Gasteiger partial charge is 0.477 e. The van der Waals surface area contributed by atoms with Gasteiger partial charge in [0.15, 0.2) is 11.5 Å². The van der Waals surface area contributed by atoms with Gasteiger partial charge in [-0.1, -0.05) is 18.2 Å². The Morgan fingerprint density at radius 1 is 1.08 bits per heavy atom. The fraction of sp³-hybridized carbons (Fsp3) is 0.333. The van der Waals surface area contributed by atoms with Gasteiger partial charge in [0, 0.05) is 55.4 Å². The molecule has 1 saturated heterocycles. The molecule has 2 aliphatic heterocycles. The highest BCUT2D eigenvalue weighted by atomic mass is 16.5. The lowest BCUT2D eigenvalue weighted by Gasteiger charge is -2.35. The van der Waals surface area contributed by atoms with Crippen LogP contribution in [-0.2, 0) is 13.2 Å². The highest BCUT2D eigenvalue weighted by Gasteiger charge is 2.20. The standard InChI is InChI=1S/C27H30N8O3/c1-32-11-13-33(14-12-32)22-9-8-20(16-19(22)18-36)29-27-28-17-21-25(31-27)35-23-6-5-7-24(30-23)38-15-4-2-3-10-34(35)26(21)37/h2-3,5-9,16-17,36H,4,10-15,18H2,1H3,(H,28,29,31)/b3-2-. The predicted octanol–water partition coefficient (Wildman–Crippen LogP) is 2.30. The average Bonchev–Trinajstić information content (AvgIpc) is 3.20. The summed E-state index contributed by atoms with van der Waals surface area (Å²) in [7, 11) is 2.12. The van der Waals surface area contributed by atoms with E-state index in [4.69, 9.17) is 9.72 Å². The number of benzene rings is 1. The number of aliphatic hydroxyl groups excluding tert-OH is 1. The van der Waals surface area contributed by atoms with Crippen LogP contribution in [0.25, 0.3) is 16.9 Å². The molecule has 0 unspecified atom stereocenters. The van der Waals surface area contributed by atoms with E-state index < -0.39 is 0 Å². The monoisotopic (exact) mass is 514 g/mol. The zero-order valence-electron chi connectivity index (χ0n) is 21.2. The molecule has 1 aromatic carbocycles. The van der Waals surface area contributed by atoms with E-state index in [0.717, 1.165) is 49.5 Å². The maximum Gasteiger partial charge on any atom is 0.278 e. The van der Waals surface area contributed by atoms with Crippen molar-refractivity contribution in [1.29, 1.82) is 0 Å². The Hall–Kier alpha value is -4.22. The van der Waals surface area contributed by atoms with E-state index >= 15 is 0 Å². The molecule has 11 heteroatoms. The van der Waals surface area contributed by atoms with E-state index in [0.29, 0.717) is 41.8 Å². The number of hydrogen-bond acceptors (Lipinski definition) is 9. The van der Waals surface area contributed by atoms with Crippen molar-refractivity contribution in [1.82, 2.24) is 29.2 Å². The van der Waals surface area contributed by atoms with Crippen molar-refractivity contribution in [3.63, 3.8) is 0 Å². The number of nitrogens with one attached hydrogen (secondary N) is 1. The molecule has 3 aromatic heterocycles. The summed E-state index contributed by atoms with van der Waals surface area (Å²) in [6.45, 7) is 4.62. The minimum atomic E-state index is -0.192. The quantitative estimate of drug-likeness (QED) is 0.396. The van der Waals surface area contributed by atoms with Crippen molar-refractivity contribution < 1.29 is 9.84 Å². The number of allylic oxidation sites excluding steroid dienone is 1. The maximum atomic E-state index is 13.3. The first-order chi connectivity index (χ1) is 18.6. The maximum absolute atomic E-state index is 13.3. The Balaban J connectivity index is 1.37. The molecule has 0 aliphatic carbocycles. The Labute approximate surface area is 219 Å². The van der Waals surface area contributed by atoms with Gasteiger partial charge in [0.25, 0.3) is 5.56 Å². The lowest BCUT2D eigenvalue weighted by Crippen LogP contribution is -2.44. The third-order valence-electron chi connectivity index (χ3n) is 6.93. The van der Waals surface area contributed by atoms with Crippen LogP contribution in [0.2, 0.25) is 0 Å². The molecule has 4 aromatic rings. The summed E-state index contributed by atoms with van der Waals surface area (Å²) in [4.78, 5) is 31.6. The number of ether oxygens (including phenoxy) is 1. The lowest BCUT2D eigenvalue weighted by molar-refractivity contribution is 0.280. The number of piperazine rings is 1. The number of aliphatic hydroxyl groups is 1. The number of anilines is 3. The van der Waals surface area contributed by atoms with Gasteiger partial charge in [0.2, 0.25) is 11.8 Å². The van der Waals surface area contributed by atoms with Crippen LogP contribution >= 0.6 is 0 Å². The first kappa shape index (κ1) is 24.1. The predicted molar refractivity (Wildman–Crippen MR) is 146 cm³/mol. The molecular formula is C27H30N8O3. The smallest absolute Gasteiger partial charge is 0.278 e. The van der Waals surface area contributed by atoms with Crippen molar-refractivity contribution in [2.45, 2.75) is 19.6 Å². The molecule has 2 N–H and O–H groups in total. The van der Waals surface area contributed by atoms with Gasteiger partial charge in [-0.2, -0.15) is 9.97 Å². The third-order valence-corrected chi connectivity index (χ3v) is 6.93. The fourth-order valence-electron chi connectivity index (χ4n) is 4.89. The number of nitrogens with zero attached hydrogens (tertiary/aromatic N) is 7.